The fourth-order valence-corrected chi connectivity index (χ4v) is 2.83. The summed E-state index contributed by atoms with van der Waals surface area (Å²) in [6, 6.07) is 0.365. The SMILES string of the molecule is CN1CCC(N(C)C(=O)Cc2csc(N)n2)CC1. The highest BCUT2D eigenvalue weighted by atomic mass is 32.1. The zero-order valence-electron chi connectivity index (χ0n) is 10.9. The molecule has 1 aliphatic rings. The number of amides is 1. The first-order valence-electron chi connectivity index (χ1n) is 6.20. The van der Waals surface area contributed by atoms with E-state index in [-0.39, 0.29) is 5.91 Å². The number of thiazole rings is 1. The van der Waals surface area contributed by atoms with Crippen LogP contribution in [-0.4, -0.2) is 53.9 Å². The van der Waals surface area contributed by atoms with E-state index in [4.69, 9.17) is 5.73 Å². The van der Waals surface area contributed by atoms with Crippen molar-refractivity contribution >= 4 is 22.4 Å². The Kier molecular flexibility index (Phi) is 4.19. The normalized spacial score (nSPS) is 17.9. The summed E-state index contributed by atoms with van der Waals surface area (Å²) < 4.78 is 0. The van der Waals surface area contributed by atoms with E-state index in [2.05, 4.69) is 16.9 Å². The molecule has 6 heteroatoms. The Morgan fingerprint density at radius 3 is 2.83 bits per heavy atom. The van der Waals surface area contributed by atoms with Gasteiger partial charge in [-0.05, 0) is 33.0 Å². The van der Waals surface area contributed by atoms with E-state index in [0.29, 0.717) is 17.6 Å². The summed E-state index contributed by atoms with van der Waals surface area (Å²) in [5, 5.41) is 2.38. The van der Waals surface area contributed by atoms with Gasteiger partial charge in [0.2, 0.25) is 5.91 Å². The molecule has 5 nitrogen and oxygen atoms in total. The number of likely N-dealkylation sites (N-methyl/N-ethyl adjacent to an activating group) is 1. The van der Waals surface area contributed by atoms with Crippen molar-refractivity contribution in [3.8, 4) is 0 Å². The summed E-state index contributed by atoms with van der Waals surface area (Å²) in [6.07, 6.45) is 2.46. The van der Waals surface area contributed by atoms with E-state index in [0.717, 1.165) is 31.6 Å². The third kappa shape index (κ3) is 3.20. The maximum Gasteiger partial charge on any atom is 0.228 e. The minimum absolute atomic E-state index is 0.134. The van der Waals surface area contributed by atoms with Gasteiger partial charge in [-0.2, -0.15) is 0 Å². The second-order valence-electron chi connectivity index (χ2n) is 4.89. The van der Waals surface area contributed by atoms with Gasteiger partial charge >= 0.3 is 0 Å². The van der Waals surface area contributed by atoms with Crippen LogP contribution in [0.2, 0.25) is 0 Å². The number of rotatable bonds is 3. The first-order valence-corrected chi connectivity index (χ1v) is 7.08. The summed E-state index contributed by atoms with van der Waals surface area (Å²) in [7, 11) is 4.02. The number of aromatic nitrogens is 1. The van der Waals surface area contributed by atoms with Crippen molar-refractivity contribution < 1.29 is 4.79 Å². The van der Waals surface area contributed by atoms with E-state index < -0.39 is 0 Å². The quantitative estimate of drug-likeness (QED) is 0.881. The van der Waals surface area contributed by atoms with E-state index in [1.165, 1.54) is 11.3 Å². The van der Waals surface area contributed by atoms with Gasteiger partial charge in [0, 0.05) is 18.5 Å². The van der Waals surface area contributed by atoms with Crippen molar-refractivity contribution in [2.45, 2.75) is 25.3 Å². The fourth-order valence-electron chi connectivity index (χ4n) is 2.27. The lowest BCUT2D eigenvalue weighted by Gasteiger charge is -2.35. The van der Waals surface area contributed by atoms with Crippen LogP contribution in [0, 0.1) is 0 Å². The molecule has 0 aliphatic carbocycles. The van der Waals surface area contributed by atoms with Crippen LogP contribution in [0.3, 0.4) is 0 Å². The van der Waals surface area contributed by atoms with Crippen LogP contribution >= 0.6 is 11.3 Å². The molecular weight excluding hydrogens is 248 g/mol. The number of carbonyl (C=O) groups excluding carboxylic acids is 1. The molecule has 18 heavy (non-hydrogen) atoms. The molecule has 0 aromatic carbocycles. The summed E-state index contributed by atoms with van der Waals surface area (Å²) in [5.74, 6) is 0.134. The second-order valence-corrected chi connectivity index (χ2v) is 5.78. The molecule has 0 bridgehead atoms. The van der Waals surface area contributed by atoms with Gasteiger partial charge in [-0.15, -0.1) is 11.3 Å². The molecule has 2 rings (SSSR count). The Hall–Kier alpha value is -1.14. The highest BCUT2D eigenvalue weighted by molar-refractivity contribution is 7.13. The second kappa shape index (κ2) is 5.67. The van der Waals surface area contributed by atoms with E-state index >= 15 is 0 Å². The van der Waals surface area contributed by atoms with Crippen molar-refractivity contribution in [3.05, 3.63) is 11.1 Å². The average molecular weight is 268 g/mol. The van der Waals surface area contributed by atoms with Crippen LogP contribution in [0.4, 0.5) is 5.13 Å². The first-order chi connectivity index (χ1) is 8.56. The van der Waals surface area contributed by atoms with Crippen molar-refractivity contribution in [1.82, 2.24) is 14.8 Å². The monoisotopic (exact) mass is 268 g/mol. The maximum absolute atomic E-state index is 12.1. The highest BCUT2D eigenvalue weighted by Gasteiger charge is 2.24. The Labute approximate surface area is 112 Å². The van der Waals surface area contributed by atoms with E-state index in [1.54, 1.807) is 0 Å². The minimum atomic E-state index is 0.134. The predicted molar refractivity (Wildman–Crippen MR) is 73.5 cm³/mol. The van der Waals surface area contributed by atoms with Gasteiger partial charge in [0.1, 0.15) is 0 Å². The molecule has 1 aromatic heterocycles. The van der Waals surface area contributed by atoms with Gasteiger partial charge in [0.05, 0.1) is 12.1 Å². The van der Waals surface area contributed by atoms with Crippen LogP contribution in [0.25, 0.3) is 0 Å². The molecule has 1 fully saturated rings. The maximum atomic E-state index is 12.1. The lowest BCUT2D eigenvalue weighted by molar-refractivity contribution is -0.132. The molecule has 1 saturated heterocycles. The molecule has 0 spiro atoms. The number of hydrogen-bond acceptors (Lipinski definition) is 5. The van der Waals surface area contributed by atoms with Gasteiger partial charge < -0.3 is 15.5 Å². The molecule has 1 aliphatic heterocycles. The molecule has 2 N–H and O–H groups in total. The fraction of sp³-hybridized carbons (Fsp3) is 0.667. The number of hydrogen-bond donors (Lipinski definition) is 1. The molecule has 0 unspecified atom stereocenters. The minimum Gasteiger partial charge on any atom is -0.375 e. The topological polar surface area (TPSA) is 62.5 Å². The first kappa shape index (κ1) is 13.3. The van der Waals surface area contributed by atoms with Crippen molar-refractivity contribution in [3.63, 3.8) is 0 Å². The lowest BCUT2D eigenvalue weighted by Crippen LogP contribution is -2.45. The highest BCUT2D eigenvalue weighted by Crippen LogP contribution is 2.16. The smallest absolute Gasteiger partial charge is 0.228 e. The van der Waals surface area contributed by atoms with Crippen molar-refractivity contribution in [2.24, 2.45) is 0 Å². The van der Waals surface area contributed by atoms with Crippen LogP contribution in [0.5, 0.6) is 0 Å². The summed E-state index contributed by atoms with van der Waals surface area (Å²) >= 11 is 1.38. The molecular formula is C12H20N4OS. The number of nitrogens with two attached hydrogens (primary N) is 1. The van der Waals surface area contributed by atoms with Gasteiger partial charge in [-0.1, -0.05) is 0 Å². The van der Waals surface area contributed by atoms with Crippen molar-refractivity contribution in [2.75, 3.05) is 32.9 Å². The molecule has 1 amide bonds. The van der Waals surface area contributed by atoms with Crippen LogP contribution in [0.15, 0.2) is 5.38 Å². The Bertz CT molecular complexity index is 412. The number of carbonyl (C=O) groups is 1. The summed E-state index contributed by atoms with van der Waals surface area (Å²) in [5.41, 5.74) is 6.35. The molecule has 100 valence electrons. The number of nitrogens with zero attached hydrogens (tertiary/aromatic N) is 3. The number of nitrogen functional groups attached to an aromatic ring is 1. The zero-order chi connectivity index (χ0) is 13.1. The third-order valence-corrected chi connectivity index (χ3v) is 4.25. The third-order valence-electron chi connectivity index (χ3n) is 3.53. The molecule has 0 saturated carbocycles. The Morgan fingerprint density at radius 2 is 2.28 bits per heavy atom. The Balaban J connectivity index is 1.88. The number of likely N-dealkylation sites (tertiary alicyclic amines) is 1. The van der Waals surface area contributed by atoms with Gasteiger partial charge in [0.15, 0.2) is 5.13 Å². The van der Waals surface area contributed by atoms with Crippen LogP contribution < -0.4 is 5.73 Å². The largest absolute Gasteiger partial charge is 0.375 e. The number of anilines is 1. The zero-order valence-corrected chi connectivity index (χ0v) is 11.7. The molecule has 0 radical (unpaired) electrons. The summed E-state index contributed by atoms with van der Waals surface area (Å²) in [6.45, 7) is 2.12. The molecule has 1 aromatic rings. The van der Waals surface area contributed by atoms with Gasteiger partial charge in [0.25, 0.3) is 0 Å². The number of piperidine rings is 1. The van der Waals surface area contributed by atoms with E-state index in [1.807, 2.05) is 17.3 Å². The van der Waals surface area contributed by atoms with Gasteiger partial charge in [-0.3, -0.25) is 4.79 Å². The van der Waals surface area contributed by atoms with Crippen LogP contribution in [0.1, 0.15) is 18.5 Å². The molecule has 0 atom stereocenters. The molecule has 2 heterocycles. The average Bonchev–Trinajstić information content (AvgIpc) is 2.75. The van der Waals surface area contributed by atoms with Gasteiger partial charge in [-0.25, -0.2) is 4.98 Å². The Morgan fingerprint density at radius 1 is 1.61 bits per heavy atom. The van der Waals surface area contributed by atoms with Crippen molar-refractivity contribution in [1.29, 1.82) is 0 Å². The summed E-state index contributed by atoms with van der Waals surface area (Å²) in [4.78, 5) is 20.4. The van der Waals surface area contributed by atoms with E-state index in [9.17, 15) is 4.79 Å². The standard InChI is InChI=1S/C12H20N4OS/c1-15-5-3-10(4-6-15)16(2)11(17)7-9-8-18-12(13)14-9/h8,10H,3-7H2,1-2H3,(H2,13,14). The van der Waals surface area contributed by atoms with Crippen LogP contribution in [-0.2, 0) is 11.2 Å². The lowest BCUT2D eigenvalue weighted by atomic mass is 10.0. The predicted octanol–water partition coefficient (Wildman–Crippen LogP) is 0.820.